The van der Waals surface area contributed by atoms with Crippen molar-refractivity contribution in [2.24, 2.45) is 0 Å². The van der Waals surface area contributed by atoms with Crippen molar-refractivity contribution in [1.29, 1.82) is 0 Å². The van der Waals surface area contributed by atoms with Gasteiger partial charge >= 0.3 is 0 Å². The average Bonchev–Trinajstić information content (AvgIpc) is 2.58. The molecule has 0 amide bonds. The fourth-order valence-electron chi connectivity index (χ4n) is 3.66. The van der Waals surface area contributed by atoms with Gasteiger partial charge in [0.2, 0.25) is 0 Å². The second-order valence-electron chi connectivity index (χ2n) is 7.27. The molecule has 1 unspecified atom stereocenters. The zero-order chi connectivity index (χ0) is 16.9. The van der Waals surface area contributed by atoms with Crippen LogP contribution in [-0.2, 0) is 0 Å². The summed E-state index contributed by atoms with van der Waals surface area (Å²) in [5, 5.41) is 0. The Bertz CT molecular complexity index is 516. The lowest BCUT2D eigenvalue weighted by atomic mass is 10.0. The number of aromatic nitrogens is 2. The number of ether oxygens (including phenoxy) is 1. The molecule has 3 heterocycles. The number of hydrogen-bond acceptors (Lipinski definition) is 6. The molecule has 134 valence electrons. The smallest absolute Gasteiger partial charge is 0.257 e. The van der Waals surface area contributed by atoms with E-state index in [0.29, 0.717) is 5.88 Å². The van der Waals surface area contributed by atoms with E-state index in [-0.39, 0.29) is 6.10 Å². The largest absolute Gasteiger partial charge is 0.472 e. The van der Waals surface area contributed by atoms with Gasteiger partial charge in [0.05, 0.1) is 6.10 Å². The highest BCUT2D eigenvalue weighted by Crippen LogP contribution is 2.25. The highest BCUT2D eigenvalue weighted by molar-refractivity contribution is 5.48. The lowest BCUT2D eigenvalue weighted by Crippen LogP contribution is -2.52. The number of piperazine rings is 1. The van der Waals surface area contributed by atoms with E-state index >= 15 is 0 Å². The van der Waals surface area contributed by atoms with E-state index in [1.54, 1.807) is 12.4 Å². The monoisotopic (exact) mass is 333 g/mol. The lowest BCUT2D eigenvalue weighted by Gasteiger charge is -2.40. The molecule has 1 aromatic heterocycles. The maximum absolute atomic E-state index is 5.83. The van der Waals surface area contributed by atoms with Crippen LogP contribution in [0.1, 0.15) is 33.1 Å². The van der Waals surface area contributed by atoms with Crippen LogP contribution in [0.3, 0.4) is 0 Å². The van der Waals surface area contributed by atoms with Gasteiger partial charge in [0.1, 0.15) is 0 Å². The maximum Gasteiger partial charge on any atom is 0.257 e. The van der Waals surface area contributed by atoms with Gasteiger partial charge in [-0.2, -0.15) is 0 Å². The summed E-state index contributed by atoms with van der Waals surface area (Å²) in [6.45, 7) is 10.6. The number of nitrogens with zero attached hydrogens (tertiary/aromatic N) is 5. The zero-order valence-electron chi connectivity index (χ0n) is 15.3. The quantitative estimate of drug-likeness (QED) is 0.820. The fourth-order valence-corrected chi connectivity index (χ4v) is 3.66. The van der Waals surface area contributed by atoms with Crippen molar-refractivity contribution in [3.63, 3.8) is 0 Å². The molecular weight excluding hydrogens is 302 g/mol. The first kappa shape index (κ1) is 17.4. The van der Waals surface area contributed by atoms with E-state index in [2.05, 4.69) is 31.7 Å². The summed E-state index contributed by atoms with van der Waals surface area (Å²) in [6.07, 6.45) is 7.65. The SMILES string of the molecule is CC(C)Oc1nccnc1N1CCN(CC2CCCCN2C)CC1. The van der Waals surface area contributed by atoms with Gasteiger partial charge in [0, 0.05) is 51.2 Å². The lowest BCUT2D eigenvalue weighted by molar-refractivity contribution is 0.124. The van der Waals surface area contributed by atoms with Crippen LogP contribution >= 0.6 is 0 Å². The molecule has 2 aliphatic rings. The van der Waals surface area contributed by atoms with Crippen molar-refractivity contribution >= 4 is 5.82 Å². The van der Waals surface area contributed by atoms with Crippen molar-refractivity contribution in [2.45, 2.75) is 45.3 Å². The highest BCUT2D eigenvalue weighted by Gasteiger charge is 2.26. The molecule has 0 aliphatic carbocycles. The minimum absolute atomic E-state index is 0.114. The summed E-state index contributed by atoms with van der Waals surface area (Å²) in [6, 6.07) is 0.724. The number of piperidine rings is 1. The van der Waals surface area contributed by atoms with Gasteiger partial charge in [-0.3, -0.25) is 4.90 Å². The second-order valence-corrected chi connectivity index (χ2v) is 7.27. The van der Waals surface area contributed by atoms with Crippen LogP contribution in [0.4, 0.5) is 5.82 Å². The van der Waals surface area contributed by atoms with Crippen molar-refractivity contribution in [3.8, 4) is 5.88 Å². The minimum Gasteiger partial charge on any atom is -0.472 e. The van der Waals surface area contributed by atoms with Gasteiger partial charge in [-0.15, -0.1) is 0 Å². The van der Waals surface area contributed by atoms with E-state index in [1.807, 2.05) is 13.8 Å². The van der Waals surface area contributed by atoms with Crippen LogP contribution in [0.25, 0.3) is 0 Å². The van der Waals surface area contributed by atoms with Crippen LogP contribution in [0.2, 0.25) is 0 Å². The first-order valence-electron chi connectivity index (χ1n) is 9.28. The van der Waals surface area contributed by atoms with Crippen molar-refractivity contribution < 1.29 is 4.74 Å². The molecule has 6 nitrogen and oxygen atoms in total. The van der Waals surface area contributed by atoms with Gasteiger partial charge in [-0.05, 0) is 40.3 Å². The van der Waals surface area contributed by atoms with E-state index in [4.69, 9.17) is 4.74 Å². The van der Waals surface area contributed by atoms with Gasteiger partial charge in [0.25, 0.3) is 5.88 Å². The fraction of sp³-hybridized carbons (Fsp3) is 0.778. The highest BCUT2D eigenvalue weighted by atomic mass is 16.5. The Hall–Kier alpha value is -1.40. The van der Waals surface area contributed by atoms with E-state index in [0.717, 1.165) is 38.0 Å². The molecule has 0 radical (unpaired) electrons. The average molecular weight is 333 g/mol. The molecule has 0 saturated carbocycles. The molecule has 0 aromatic carbocycles. The Morgan fingerprint density at radius 1 is 1.08 bits per heavy atom. The summed E-state index contributed by atoms with van der Waals surface area (Å²) in [5.74, 6) is 1.55. The number of likely N-dealkylation sites (N-methyl/N-ethyl adjacent to an activating group) is 1. The topological polar surface area (TPSA) is 44.7 Å². The van der Waals surface area contributed by atoms with Crippen LogP contribution < -0.4 is 9.64 Å². The summed E-state index contributed by atoms with van der Waals surface area (Å²) in [4.78, 5) is 16.3. The molecule has 1 atom stereocenters. The van der Waals surface area contributed by atoms with Gasteiger partial charge in [-0.25, -0.2) is 9.97 Å². The molecule has 1 aromatic rings. The predicted molar refractivity (Wildman–Crippen MR) is 96.7 cm³/mol. The number of rotatable bonds is 5. The predicted octanol–water partition coefficient (Wildman–Crippen LogP) is 1.87. The third-order valence-electron chi connectivity index (χ3n) is 5.06. The first-order valence-corrected chi connectivity index (χ1v) is 9.28. The third-order valence-corrected chi connectivity index (χ3v) is 5.06. The molecular formula is C18H31N5O. The van der Waals surface area contributed by atoms with Crippen LogP contribution in [-0.4, -0.2) is 78.2 Å². The molecule has 2 fully saturated rings. The van der Waals surface area contributed by atoms with Gasteiger partial charge in [0.15, 0.2) is 5.82 Å². The third kappa shape index (κ3) is 4.36. The molecule has 0 spiro atoms. The second kappa shape index (κ2) is 8.12. The summed E-state index contributed by atoms with van der Waals surface area (Å²) in [7, 11) is 2.27. The Labute approximate surface area is 145 Å². The molecule has 2 aliphatic heterocycles. The van der Waals surface area contributed by atoms with E-state index in [9.17, 15) is 0 Å². The van der Waals surface area contributed by atoms with Crippen LogP contribution in [0.15, 0.2) is 12.4 Å². The summed E-state index contributed by atoms with van der Waals surface area (Å²) >= 11 is 0. The summed E-state index contributed by atoms with van der Waals surface area (Å²) < 4.78 is 5.83. The van der Waals surface area contributed by atoms with Crippen LogP contribution in [0.5, 0.6) is 5.88 Å². The number of anilines is 1. The Morgan fingerprint density at radius 2 is 1.83 bits per heavy atom. The van der Waals surface area contributed by atoms with E-state index in [1.165, 1.54) is 32.4 Å². The normalized spacial score (nSPS) is 23.7. The molecule has 0 bridgehead atoms. The minimum atomic E-state index is 0.114. The number of likely N-dealkylation sites (tertiary alicyclic amines) is 1. The standard InChI is InChI=1S/C18H31N5O/c1-15(2)24-18-17(19-7-8-20-18)23-12-10-22(11-13-23)14-16-6-4-5-9-21(16)3/h7-8,15-16H,4-6,9-14H2,1-3H3. The van der Waals surface area contributed by atoms with Crippen LogP contribution in [0, 0.1) is 0 Å². The van der Waals surface area contributed by atoms with E-state index < -0.39 is 0 Å². The number of hydrogen-bond donors (Lipinski definition) is 0. The molecule has 2 saturated heterocycles. The molecule has 3 rings (SSSR count). The first-order chi connectivity index (χ1) is 11.6. The Balaban J connectivity index is 1.55. The maximum atomic E-state index is 5.83. The van der Waals surface area contributed by atoms with Gasteiger partial charge in [-0.1, -0.05) is 6.42 Å². The molecule has 6 heteroatoms. The Morgan fingerprint density at radius 3 is 2.54 bits per heavy atom. The summed E-state index contributed by atoms with van der Waals surface area (Å²) in [5.41, 5.74) is 0. The van der Waals surface area contributed by atoms with Gasteiger partial charge < -0.3 is 14.5 Å². The zero-order valence-corrected chi connectivity index (χ0v) is 15.3. The molecule has 24 heavy (non-hydrogen) atoms. The van der Waals surface area contributed by atoms with Crippen molar-refractivity contribution in [3.05, 3.63) is 12.4 Å². The Kier molecular flexibility index (Phi) is 5.89. The van der Waals surface area contributed by atoms with Crippen molar-refractivity contribution in [1.82, 2.24) is 19.8 Å². The van der Waals surface area contributed by atoms with Crippen molar-refractivity contribution in [2.75, 3.05) is 51.2 Å². The molecule has 0 N–H and O–H groups in total.